The summed E-state index contributed by atoms with van der Waals surface area (Å²) in [6, 6.07) is 5.26. The van der Waals surface area contributed by atoms with E-state index in [2.05, 4.69) is 4.90 Å². The van der Waals surface area contributed by atoms with Crippen molar-refractivity contribution in [2.75, 3.05) is 19.7 Å². The lowest BCUT2D eigenvalue weighted by atomic mass is 10.1. The Kier molecular flexibility index (Phi) is 4.87. The lowest BCUT2D eigenvalue weighted by Crippen LogP contribution is -2.35. The molecule has 5 heteroatoms. The second kappa shape index (κ2) is 6.22. The average molecular weight is 290 g/mol. The van der Waals surface area contributed by atoms with Crippen LogP contribution in [0.1, 0.15) is 24.5 Å². The van der Waals surface area contributed by atoms with Gasteiger partial charge in [-0.2, -0.15) is 0 Å². The van der Waals surface area contributed by atoms with Crippen molar-refractivity contribution in [2.24, 2.45) is 0 Å². The smallest absolute Gasteiger partial charge is 0.0931 e. The summed E-state index contributed by atoms with van der Waals surface area (Å²) in [5.41, 5.74) is 0.685. The molecule has 1 heterocycles. The quantitative estimate of drug-likeness (QED) is 0.895. The predicted molar refractivity (Wildman–Crippen MR) is 73.1 cm³/mol. The molecule has 1 aliphatic heterocycles. The fourth-order valence-corrected chi connectivity index (χ4v) is 2.97. The first kappa shape index (κ1) is 14.1. The molecule has 1 aliphatic rings. The first-order valence-electron chi connectivity index (χ1n) is 6.09. The molecule has 1 aromatic rings. The van der Waals surface area contributed by atoms with E-state index in [1.807, 2.05) is 0 Å². The van der Waals surface area contributed by atoms with Gasteiger partial charge in [0.25, 0.3) is 0 Å². The second-order valence-electron chi connectivity index (χ2n) is 4.66. The maximum Gasteiger partial charge on any atom is 0.0931 e. The van der Waals surface area contributed by atoms with Gasteiger partial charge < -0.3 is 10.2 Å². The van der Waals surface area contributed by atoms with Gasteiger partial charge in [-0.1, -0.05) is 29.3 Å². The average Bonchev–Trinajstić information content (AvgIpc) is 2.76. The van der Waals surface area contributed by atoms with Crippen molar-refractivity contribution in [1.29, 1.82) is 0 Å². The molecule has 2 atom stereocenters. The lowest BCUT2D eigenvalue weighted by Gasteiger charge is -2.25. The van der Waals surface area contributed by atoms with E-state index in [1.165, 1.54) is 0 Å². The zero-order chi connectivity index (χ0) is 13.1. The monoisotopic (exact) mass is 289 g/mol. The molecule has 100 valence electrons. The fraction of sp³-hybridized carbons (Fsp3) is 0.538. The maximum absolute atomic E-state index is 10.2. The van der Waals surface area contributed by atoms with Crippen LogP contribution >= 0.6 is 23.2 Å². The molecule has 3 nitrogen and oxygen atoms in total. The number of benzene rings is 1. The Morgan fingerprint density at radius 1 is 1.39 bits per heavy atom. The van der Waals surface area contributed by atoms with Crippen LogP contribution in [0.2, 0.25) is 10.0 Å². The maximum atomic E-state index is 10.2. The third kappa shape index (κ3) is 3.16. The predicted octanol–water partition coefficient (Wildman–Crippen LogP) is 2.48. The largest absolute Gasteiger partial charge is 0.395 e. The number of rotatable bonds is 4. The van der Waals surface area contributed by atoms with E-state index in [4.69, 9.17) is 23.2 Å². The van der Waals surface area contributed by atoms with Gasteiger partial charge in [0.15, 0.2) is 0 Å². The van der Waals surface area contributed by atoms with E-state index >= 15 is 0 Å². The molecule has 0 amide bonds. The third-order valence-electron chi connectivity index (χ3n) is 3.44. The van der Waals surface area contributed by atoms with Gasteiger partial charge in [-0.3, -0.25) is 4.90 Å². The first-order valence-corrected chi connectivity index (χ1v) is 6.85. The highest BCUT2D eigenvalue weighted by atomic mass is 35.5. The van der Waals surface area contributed by atoms with Crippen molar-refractivity contribution in [3.05, 3.63) is 33.8 Å². The summed E-state index contributed by atoms with van der Waals surface area (Å²) >= 11 is 11.9. The number of hydrogen-bond acceptors (Lipinski definition) is 3. The van der Waals surface area contributed by atoms with Crippen molar-refractivity contribution in [1.82, 2.24) is 4.90 Å². The zero-order valence-electron chi connectivity index (χ0n) is 10.0. The molecule has 0 saturated carbocycles. The van der Waals surface area contributed by atoms with Gasteiger partial charge in [-0.25, -0.2) is 0 Å². The van der Waals surface area contributed by atoms with Crippen LogP contribution in [0, 0.1) is 0 Å². The second-order valence-corrected chi connectivity index (χ2v) is 5.50. The molecule has 0 radical (unpaired) electrons. The van der Waals surface area contributed by atoms with E-state index in [-0.39, 0.29) is 12.6 Å². The fourth-order valence-electron chi connectivity index (χ4n) is 2.43. The SMILES string of the molecule is OCC1CCCN1CC(O)c1ccc(Cl)cc1Cl. The van der Waals surface area contributed by atoms with Crippen LogP contribution in [0.4, 0.5) is 0 Å². The summed E-state index contributed by atoms with van der Waals surface area (Å²) in [7, 11) is 0. The summed E-state index contributed by atoms with van der Waals surface area (Å²) < 4.78 is 0. The number of β-amino-alcohol motifs (C(OH)–C–C–N with tert-alkyl or cyclic N) is 1. The van der Waals surface area contributed by atoms with Gasteiger partial charge in [0, 0.05) is 28.2 Å². The number of aliphatic hydroxyl groups is 2. The van der Waals surface area contributed by atoms with Crippen LogP contribution in [0.5, 0.6) is 0 Å². The van der Waals surface area contributed by atoms with Crippen LogP contribution in [0.25, 0.3) is 0 Å². The highest BCUT2D eigenvalue weighted by Crippen LogP contribution is 2.28. The number of hydrogen-bond donors (Lipinski definition) is 2. The molecule has 2 rings (SSSR count). The summed E-state index contributed by atoms with van der Waals surface area (Å²) in [5, 5.41) is 20.5. The standard InChI is InChI=1S/C13H17Cl2NO2/c14-9-3-4-11(12(15)6-9)13(18)7-16-5-1-2-10(16)8-17/h3-4,6,10,13,17-18H,1-2,5,7-8H2. The normalized spacial score (nSPS) is 22.3. The van der Waals surface area contributed by atoms with E-state index in [0.29, 0.717) is 22.2 Å². The van der Waals surface area contributed by atoms with Crippen molar-refractivity contribution < 1.29 is 10.2 Å². The van der Waals surface area contributed by atoms with Gasteiger partial charge in [0.05, 0.1) is 12.7 Å². The molecule has 1 aromatic carbocycles. The van der Waals surface area contributed by atoms with Gasteiger partial charge >= 0.3 is 0 Å². The third-order valence-corrected chi connectivity index (χ3v) is 4.00. The molecular formula is C13H17Cl2NO2. The van der Waals surface area contributed by atoms with Crippen molar-refractivity contribution in [3.63, 3.8) is 0 Å². The molecule has 1 fully saturated rings. The molecule has 2 N–H and O–H groups in total. The highest BCUT2D eigenvalue weighted by Gasteiger charge is 2.26. The summed E-state index contributed by atoms with van der Waals surface area (Å²) in [4.78, 5) is 2.11. The number of likely N-dealkylation sites (tertiary alicyclic amines) is 1. The van der Waals surface area contributed by atoms with Crippen LogP contribution in [0.15, 0.2) is 18.2 Å². The number of halogens is 2. The van der Waals surface area contributed by atoms with Crippen LogP contribution in [0.3, 0.4) is 0 Å². The minimum absolute atomic E-state index is 0.140. The minimum atomic E-state index is -0.651. The van der Waals surface area contributed by atoms with Crippen LogP contribution in [-0.4, -0.2) is 40.9 Å². The molecule has 0 bridgehead atoms. The first-order chi connectivity index (χ1) is 8.61. The molecule has 0 spiro atoms. The zero-order valence-corrected chi connectivity index (χ0v) is 11.5. The summed E-state index contributed by atoms with van der Waals surface area (Å²) in [5.74, 6) is 0. The van der Waals surface area contributed by atoms with Crippen molar-refractivity contribution in [3.8, 4) is 0 Å². The summed E-state index contributed by atoms with van der Waals surface area (Å²) in [6.07, 6.45) is 1.39. The lowest BCUT2D eigenvalue weighted by molar-refractivity contribution is 0.0851. The Labute approximate surface area is 117 Å². The van der Waals surface area contributed by atoms with Gasteiger partial charge in [-0.05, 0) is 31.5 Å². The minimum Gasteiger partial charge on any atom is -0.395 e. The van der Waals surface area contributed by atoms with Gasteiger partial charge in [-0.15, -0.1) is 0 Å². The van der Waals surface area contributed by atoms with Gasteiger partial charge in [0.1, 0.15) is 0 Å². The Balaban J connectivity index is 2.05. The van der Waals surface area contributed by atoms with E-state index in [1.54, 1.807) is 18.2 Å². The van der Waals surface area contributed by atoms with E-state index in [0.717, 1.165) is 19.4 Å². The van der Waals surface area contributed by atoms with Crippen molar-refractivity contribution in [2.45, 2.75) is 25.0 Å². The summed E-state index contributed by atoms with van der Waals surface area (Å²) in [6.45, 7) is 1.54. The van der Waals surface area contributed by atoms with Crippen LogP contribution < -0.4 is 0 Å². The number of nitrogens with zero attached hydrogens (tertiary/aromatic N) is 1. The van der Waals surface area contributed by atoms with Crippen LogP contribution in [-0.2, 0) is 0 Å². The molecule has 1 saturated heterocycles. The molecule has 0 aliphatic carbocycles. The highest BCUT2D eigenvalue weighted by molar-refractivity contribution is 6.35. The molecule has 2 unspecified atom stereocenters. The van der Waals surface area contributed by atoms with Gasteiger partial charge in [0.2, 0.25) is 0 Å². The van der Waals surface area contributed by atoms with E-state index < -0.39 is 6.10 Å². The van der Waals surface area contributed by atoms with Crippen molar-refractivity contribution >= 4 is 23.2 Å². The Bertz CT molecular complexity index is 414. The van der Waals surface area contributed by atoms with E-state index in [9.17, 15) is 10.2 Å². The molecule has 0 aromatic heterocycles. The Morgan fingerprint density at radius 3 is 2.83 bits per heavy atom. The Hall–Kier alpha value is -0.320. The molecule has 18 heavy (non-hydrogen) atoms. The molecular weight excluding hydrogens is 273 g/mol. The topological polar surface area (TPSA) is 43.7 Å². The Morgan fingerprint density at radius 2 is 2.17 bits per heavy atom. The number of aliphatic hydroxyl groups excluding tert-OH is 2.